The number of ether oxygens (including phenoxy) is 1. The van der Waals surface area contributed by atoms with Crippen LogP contribution in [0.15, 0.2) is 24.3 Å². The highest BCUT2D eigenvalue weighted by Crippen LogP contribution is 2.14. The Morgan fingerprint density at radius 1 is 1.19 bits per heavy atom. The quantitative estimate of drug-likeness (QED) is 0.689. The maximum atomic E-state index is 11.9. The molecule has 4 heteroatoms. The number of nitrogens with zero attached hydrogens (tertiary/aromatic N) is 2. The van der Waals surface area contributed by atoms with E-state index in [1.807, 2.05) is 24.3 Å². The molecule has 0 atom stereocenters. The standard InChI is InChI=1S/C17H28N2O2/c1-14(2)12-19(11-10-18(3)4)13-15-8-6-7-9-16(15)17(20)21-5/h6-9,14H,10-13H2,1-5H3. The first-order valence-electron chi connectivity index (χ1n) is 7.47. The van der Waals surface area contributed by atoms with Crippen LogP contribution in [0.1, 0.15) is 29.8 Å². The molecule has 0 aliphatic heterocycles. The Hall–Kier alpha value is -1.39. The molecule has 0 aromatic heterocycles. The number of esters is 1. The van der Waals surface area contributed by atoms with Crippen molar-refractivity contribution in [3.63, 3.8) is 0 Å². The fourth-order valence-corrected chi connectivity index (χ4v) is 2.30. The average molecular weight is 292 g/mol. The van der Waals surface area contributed by atoms with Crippen LogP contribution in [-0.4, -0.2) is 56.6 Å². The van der Waals surface area contributed by atoms with Gasteiger partial charge in [-0.05, 0) is 31.6 Å². The molecular weight excluding hydrogens is 264 g/mol. The van der Waals surface area contributed by atoms with Crippen LogP contribution < -0.4 is 0 Å². The highest BCUT2D eigenvalue weighted by atomic mass is 16.5. The van der Waals surface area contributed by atoms with Crippen molar-refractivity contribution < 1.29 is 9.53 Å². The summed E-state index contributed by atoms with van der Waals surface area (Å²) in [6, 6.07) is 7.69. The SMILES string of the molecule is COC(=O)c1ccccc1CN(CCN(C)C)CC(C)C. The molecule has 1 aromatic rings. The second-order valence-corrected chi connectivity index (χ2v) is 6.08. The van der Waals surface area contributed by atoms with Gasteiger partial charge in [-0.3, -0.25) is 4.90 Å². The molecule has 0 heterocycles. The second-order valence-electron chi connectivity index (χ2n) is 6.08. The van der Waals surface area contributed by atoms with Crippen molar-refractivity contribution in [1.29, 1.82) is 0 Å². The maximum Gasteiger partial charge on any atom is 0.338 e. The Morgan fingerprint density at radius 3 is 2.43 bits per heavy atom. The molecule has 0 amide bonds. The first-order valence-corrected chi connectivity index (χ1v) is 7.47. The summed E-state index contributed by atoms with van der Waals surface area (Å²) in [5.41, 5.74) is 1.70. The zero-order valence-corrected chi connectivity index (χ0v) is 13.9. The molecule has 0 spiro atoms. The number of hydrogen-bond acceptors (Lipinski definition) is 4. The Kier molecular flexibility index (Phi) is 7.40. The van der Waals surface area contributed by atoms with Gasteiger partial charge in [0.1, 0.15) is 0 Å². The van der Waals surface area contributed by atoms with Gasteiger partial charge < -0.3 is 9.64 Å². The molecule has 0 fully saturated rings. The average Bonchev–Trinajstić information content (AvgIpc) is 2.44. The summed E-state index contributed by atoms with van der Waals surface area (Å²) < 4.78 is 4.87. The van der Waals surface area contributed by atoms with Crippen molar-refractivity contribution in [2.75, 3.05) is 40.8 Å². The van der Waals surface area contributed by atoms with Crippen molar-refractivity contribution in [3.05, 3.63) is 35.4 Å². The predicted octanol–water partition coefficient (Wildman–Crippen LogP) is 2.49. The van der Waals surface area contributed by atoms with E-state index in [-0.39, 0.29) is 5.97 Å². The third kappa shape index (κ3) is 6.27. The molecule has 118 valence electrons. The van der Waals surface area contributed by atoms with Gasteiger partial charge in [0.15, 0.2) is 0 Å². The highest BCUT2D eigenvalue weighted by Gasteiger charge is 2.15. The second kappa shape index (κ2) is 8.80. The minimum absolute atomic E-state index is 0.261. The van der Waals surface area contributed by atoms with Gasteiger partial charge in [0.05, 0.1) is 12.7 Å². The summed E-state index contributed by atoms with van der Waals surface area (Å²) in [4.78, 5) is 16.4. The zero-order valence-electron chi connectivity index (χ0n) is 13.9. The van der Waals surface area contributed by atoms with Crippen LogP contribution in [0.5, 0.6) is 0 Å². The summed E-state index contributed by atoms with van der Waals surface area (Å²) in [5, 5.41) is 0. The lowest BCUT2D eigenvalue weighted by Gasteiger charge is -2.26. The molecule has 0 aliphatic carbocycles. The maximum absolute atomic E-state index is 11.9. The first-order chi connectivity index (χ1) is 9.93. The number of rotatable bonds is 8. The molecule has 1 aromatic carbocycles. The molecule has 1 rings (SSSR count). The summed E-state index contributed by atoms with van der Waals surface area (Å²) in [6.45, 7) is 8.22. The van der Waals surface area contributed by atoms with Crippen molar-refractivity contribution in [2.24, 2.45) is 5.92 Å². The minimum atomic E-state index is -0.261. The number of carbonyl (C=O) groups excluding carboxylic acids is 1. The van der Waals surface area contributed by atoms with Gasteiger partial charge in [-0.25, -0.2) is 4.79 Å². The van der Waals surface area contributed by atoms with E-state index in [9.17, 15) is 4.79 Å². The molecule has 0 saturated carbocycles. The normalized spacial score (nSPS) is 11.4. The lowest BCUT2D eigenvalue weighted by molar-refractivity contribution is 0.0598. The van der Waals surface area contributed by atoms with Gasteiger partial charge in [-0.1, -0.05) is 32.0 Å². The minimum Gasteiger partial charge on any atom is -0.465 e. The van der Waals surface area contributed by atoms with E-state index >= 15 is 0 Å². The largest absolute Gasteiger partial charge is 0.465 e. The van der Waals surface area contributed by atoms with Crippen LogP contribution in [0.4, 0.5) is 0 Å². The van der Waals surface area contributed by atoms with Crippen LogP contribution >= 0.6 is 0 Å². The van der Waals surface area contributed by atoms with Crippen molar-refractivity contribution in [1.82, 2.24) is 9.80 Å². The molecule has 0 saturated heterocycles. The van der Waals surface area contributed by atoms with E-state index in [0.717, 1.165) is 31.7 Å². The van der Waals surface area contributed by atoms with E-state index in [4.69, 9.17) is 4.74 Å². The summed E-state index contributed by atoms with van der Waals surface area (Å²) >= 11 is 0. The Morgan fingerprint density at radius 2 is 1.86 bits per heavy atom. The molecule has 0 aliphatic rings. The van der Waals surface area contributed by atoms with Crippen LogP contribution in [0.25, 0.3) is 0 Å². The third-order valence-corrected chi connectivity index (χ3v) is 3.30. The smallest absolute Gasteiger partial charge is 0.338 e. The molecule has 21 heavy (non-hydrogen) atoms. The lowest BCUT2D eigenvalue weighted by atomic mass is 10.1. The van der Waals surface area contributed by atoms with Crippen LogP contribution in [-0.2, 0) is 11.3 Å². The van der Waals surface area contributed by atoms with E-state index in [1.54, 1.807) is 0 Å². The topological polar surface area (TPSA) is 32.8 Å². The molecule has 0 radical (unpaired) electrons. The monoisotopic (exact) mass is 292 g/mol. The lowest BCUT2D eigenvalue weighted by Crippen LogP contribution is -2.34. The van der Waals surface area contributed by atoms with Gasteiger partial charge in [0, 0.05) is 26.2 Å². The Balaban J connectivity index is 2.84. The number of likely N-dealkylation sites (N-methyl/N-ethyl adjacent to an activating group) is 1. The first kappa shape index (κ1) is 17.7. The molecule has 0 unspecified atom stereocenters. The van der Waals surface area contributed by atoms with E-state index < -0.39 is 0 Å². The predicted molar refractivity (Wildman–Crippen MR) is 86.5 cm³/mol. The van der Waals surface area contributed by atoms with Crippen LogP contribution in [0.2, 0.25) is 0 Å². The highest BCUT2D eigenvalue weighted by molar-refractivity contribution is 5.90. The number of carbonyl (C=O) groups is 1. The van der Waals surface area contributed by atoms with Gasteiger partial charge >= 0.3 is 5.97 Å². The zero-order chi connectivity index (χ0) is 15.8. The van der Waals surface area contributed by atoms with Gasteiger partial charge in [0.2, 0.25) is 0 Å². The Bertz CT molecular complexity index is 444. The number of benzene rings is 1. The molecule has 0 bridgehead atoms. The van der Waals surface area contributed by atoms with Crippen molar-refractivity contribution in [2.45, 2.75) is 20.4 Å². The Labute approximate surface area is 128 Å². The molecular formula is C17H28N2O2. The summed E-state index contributed by atoms with van der Waals surface area (Å²) in [5.74, 6) is 0.333. The summed E-state index contributed by atoms with van der Waals surface area (Å²) in [6.07, 6.45) is 0. The van der Waals surface area contributed by atoms with Crippen LogP contribution in [0.3, 0.4) is 0 Å². The van der Waals surface area contributed by atoms with E-state index in [0.29, 0.717) is 11.5 Å². The van der Waals surface area contributed by atoms with E-state index in [1.165, 1.54) is 7.11 Å². The van der Waals surface area contributed by atoms with Gasteiger partial charge in [-0.15, -0.1) is 0 Å². The molecule has 4 nitrogen and oxygen atoms in total. The fraction of sp³-hybridized carbons (Fsp3) is 0.588. The van der Waals surface area contributed by atoms with Gasteiger partial charge in [-0.2, -0.15) is 0 Å². The number of methoxy groups -OCH3 is 1. The molecule has 0 N–H and O–H groups in total. The number of hydrogen-bond donors (Lipinski definition) is 0. The van der Waals surface area contributed by atoms with Crippen molar-refractivity contribution >= 4 is 5.97 Å². The van der Waals surface area contributed by atoms with Gasteiger partial charge in [0.25, 0.3) is 0 Å². The van der Waals surface area contributed by atoms with Crippen molar-refractivity contribution in [3.8, 4) is 0 Å². The van der Waals surface area contributed by atoms with E-state index in [2.05, 4.69) is 37.7 Å². The third-order valence-electron chi connectivity index (χ3n) is 3.30. The van der Waals surface area contributed by atoms with Crippen LogP contribution in [0, 0.1) is 5.92 Å². The fourth-order valence-electron chi connectivity index (χ4n) is 2.30. The summed E-state index contributed by atoms with van der Waals surface area (Å²) in [7, 11) is 5.59.